The molecule has 1 atom stereocenters. The fraction of sp³-hybridized carbons (Fsp3) is 0.545. The van der Waals surface area contributed by atoms with Crippen molar-refractivity contribution >= 4 is 5.69 Å². The number of pyridine rings is 1. The van der Waals surface area contributed by atoms with Crippen molar-refractivity contribution in [3.05, 3.63) is 18.5 Å². The van der Waals surface area contributed by atoms with Crippen LogP contribution in [0.25, 0.3) is 0 Å². The topological polar surface area (TPSA) is 57.4 Å². The summed E-state index contributed by atoms with van der Waals surface area (Å²) in [5, 5.41) is 0. The van der Waals surface area contributed by atoms with Crippen molar-refractivity contribution in [2.24, 2.45) is 0 Å². The maximum atomic E-state index is 5.59. The van der Waals surface area contributed by atoms with Crippen molar-refractivity contribution in [2.45, 2.75) is 25.4 Å². The van der Waals surface area contributed by atoms with Crippen LogP contribution in [0.4, 0.5) is 5.69 Å². The van der Waals surface area contributed by atoms with Crippen LogP contribution in [0.15, 0.2) is 18.5 Å². The highest BCUT2D eigenvalue weighted by Gasteiger charge is 2.14. The van der Waals surface area contributed by atoms with E-state index in [1.807, 2.05) is 0 Å². The minimum absolute atomic E-state index is 0.222. The van der Waals surface area contributed by atoms with Gasteiger partial charge in [0.1, 0.15) is 12.4 Å². The quantitative estimate of drug-likeness (QED) is 0.819. The minimum atomic E-state index is 0.222. The van der Waals surface area contributed by atoms with Crippen LogP contribution in [-0.4, -0.2) is 24.3 Å². The lowest BCUT2D eigenvalue weighted by Crippen LogP contribution is -2.25. The molecule has 2 N–H and O–H groups in total. The number of nitrogens with zero attached hydrogens (tertiary/aromatic N) is 1. The second-order valence-electron chi connectivity index (χ2n) is 3.75. The third-order valence-electron chi connectivity index (χ3n) is 2.44. The Morgan fingerprint density at radius 3 is 3.13 bits per heavy atom. The smallest absolute Gasteiger partial charge is 0.139 e. The molecule has 1 unspecified atom stereocenters. The van der Waals surface area contributed by atoms with Crippen LogP contribution in [0.5, 0.6) is 5.75 Å². The van der Waals surface area contributed by atoms with Gasteiger partial charge in [-0.1, -0.05) is 0 Å². The number of aromatic nitrogens is 1. The average molecular weight is 208 g/mol. The van der Waals surface area contributed by atoms with Crippen molar-refractivity contribution in [2.75, 3.05) is 18.9 Å². The van der Waals surface area contributed by atoms with Crippen LogP contribution in [-0.2, 0) is 4.74 Å². The van der Waals surface area contributed by atoms with E-state index in [4.69, 9.17) is 15.2 Å². The molecule has 4 heteroatoms. The molecule has 4 nitrogen and oxygen atoms in total. The average Bonchev–Trinajstić information content (AvgIpc) is 2.28. The number of ether oxygens (including phenoxy) is 2. The Kier molecular flexibility index (Phi) is 3.40. The first kappa shape index (κ1) is 10.2. The van der Waals surface area contributed by atoms with Crippen molar-refractivity contribution < 1.29 is 9.47 Å². The number of hydrogen-bond acceptors (Lipinski definition) is 4. The van der Waals surface area contributed by atoms with Crippen LogP contribution < -0.4 is 10.5 Å². The van der Waals surface area contributed by atoms with Gasteiger partial charge in [-0.05, 0) is 19.3 Å². The molecule has 1 saturated heterocycles. The maximum Gasteiger partial charge on any atom is 0.139 e. The van der Waals surface area contributed by atoms with Crippen LogP contribution >= 0.6 is 0 Å². The largest absolute Gasteiger partial charge is 0.489 e. The van der Waals surface area contributed by atoms with E-state index in [1.54, 1.807) is 18.5 Å². The van der Waals surface area contributed by atoms with Crippen LogP contribution in [0.3, 0.4) is 0 Å². The maximum absolute atomic E-state index is 5.59. The van der Waals surface area contributed by atoms with Crippen LogP contribution in [0, 0.1) is 0 Å². The summed E-state index contributed by atoms with van der Waals surface area (Å²) in [6.45, 7) is 1.44. The van der Waals surface area contributed by atoms with Gasteiger partial charge in [0, 0.05) is 12.7 Å². The number of nitrogen functional groups attached to an aromatic ring is 1. The van der Waals surface area contributed by atoms with Crippen molar-refractivity contribution in [1.29, 1.82) is 0 Å². The summed E-state index contributed by atoms with van der Waals surface area (Å²) >= 11 is 0. The first-order valence-electron chi connectivity index (χ1n) is 5.29. The third kappa shape index (κ3) is 3.09. The lowest BCUT2D eigenvalue weighted by molar-refractivity contribution is -0.0111. The zero-order chi connectivity index (χ0) is 10.5. The van der Waals surface area contributed by atoms with Gasteiger partial charge >= 0.3 is 0 Å². The van der Waals surface area contributed by atoms with E-state index in [-0.39, 0.29) is 6.10 Å². The molecule has 1 fully saturated rings. The number of hydrogen-bond donors (Lipinski definition) is 1. The zero-order valence-corrected chi connectivity index (χ0v) is 8.69. The first-order valence-corrected chi connectivity index (χ1v) is 5.29. The van der Waals surface area contributed by atoms with Crippen LogP contribution in [0.1, 0.15) is 19.3 Å². The first-order chi connectivity index (χ1) is 7.34. The lowest BCUT2D eigenvalue weighted by atomic mass is 10.1. The highest BCUT2D eigenvalue weighted by Crippen LogP contribution is 2.16. The molecule has 0 amide bonds. The number of anilines is 1. The SMILES string of the molecule is Nc1cncc(OCC2CCCCO2)c1. The van der Waals surface area contributed by atoms with Gasteiger partial charge in [0.25, 0.3) is 0 Å². The normalized spacial score (nSPS) is 21.2. The Labute approximate surface area is 89.4 Å². The zero-order valence-electron chi connectivity index (χ0n) is 8.69. The Bertz CT molecular complexity index is 311. The van der Waals surface area contributed by atoms with Crippen LogP contribution in [0.2, 0.25) is 0 Å². The molecular weight excluding hydrogens is 192 g/mol. The molecule has 0 bridgehead atoms. The molecular formula is C11H16N2O2. The molecule has 0 saturated carbocycles. The molecule has 2 heterocycles. The molecule has 1 aromatic rings. The van der Waals surface area contributed by atoms with E-state index in [0.717, 1.165) is 19.4 Å². The second-order valence-corrected chi connectivity index (χ2v) is 3.75. The third-order valence-corrected chi connectivity index (χ3v) is 2.44. The highest BCUT2D eigenvalue weighted by atomic mass is 16.5. The van der Waals surface area contributed by atoms with E-state index < -0.39 is 0 Å². The predicted molar refractivity (Wildman–Crippen MR) is 57.7 cm³/mol. The molecule has 0 aromatic carbocycles. The predicted octanol–water partition coefficient (Wildman–Crippen LogP) is 1.61. The van der Waals surface area contributed by atoms with Crippen molar-refractivity contribution in [3.63, 3.8) is 0 Å². The summed E-state index contributed by atoms with van der Waals surface area (Å²) in [7, 11) is 0. The highest BCUT2D eigenvalue weighted by molar-refractivity contribution is 5.39. The van der Waals surface area contributed by atoms with Gasteiger partial charge < -0.3 is 15.2 Å². The fourth-order valence-corrected chi connectivity index (χ4v) is 1.64. The molecule has 0 radical (unpaired) electrons. The van der Waals surface area contributed by atoms with Gasteiger partial charge in [0.15, 0.2) is 0 Å². The Morgan fingerprint density at radius 1 is 1.47 bits per heavy atom. The van der Waals surface area contributed by atoms with E-state index in [9.17, 15) is 0 Å². The van der Waals surface area contributed by atoms with E-state index in [0.29, 0.717) is 18.0 Å². The molecule has 1 aliphatic heterocycles. The number of rotatable bonds is 3. The van der Waals surface area contributed by atoms with Gasteiger partial charge in [-0.15, -0.1) is 0 Å². The van der Waals surface area contributed by atoms with E-state index in [1.165, 1.54) is 6.42 Å². The summed E-state index contributed by atoms with van der Waals surface area (Å²) in [6, 6.07) is 1.77. The van der Waals surface area contributed by atoms with Gasteiger partial charge in [0.2, 0.25) is 0 Å². The summed E-state index contributed by atoms with van der Waals surface area (Å²) < 4.78 is 11.1. The standard InChI is InChI=1S/C11H16N2O2/c12-9-5-11(7-13-6-9)15-8-10-3-1-2-4-14-10/h5-7,10H,1-4,8,12H2. The van der Waals surface area contributed by atoms with Gasteiger partial charge in [-0.3, -0.25) is 4.98 Å². The summed E-state index contributed by atoms with van der Waals surface area (Å²) in [4.78, 5) is 3.96. The molecule has 1 aromatic heterocycles. The molecule has 82 valence electrons. The van der Waals surface area contributed by atoms with Crippen molar-refractivity contribution in [1.82, 2.24) is 4.98 Å². The fourth-order valence-electron chi connectivity index (χ4n) is 1.64. The Balaban J connectivity index is 1.81. The molecule has 1 aliphatic rings. The van der Waals surface area contributed by atoms with Gasteiger partial charge in [-0.2, -0.15) is 0 Å². The summed E-state index contributed by atoms with van der Waals surface area (Å²) in [5.41, 5.74) is 6.22. The van der Waals surface area contributed by atoms with Crippen molar-refractivity contribution in [3.8, 4) is 5.75 Å². The second kappa shape index (κ2) is 4.98. The van der Waals surface area contributed by atoms with E-state index >= 15 is 0 Å². The van der Waals surface area contributed by atoms with Gasteiger partial charge in [0.05, 0.1) is 24.2 Å². The van der Waals surface area contributed by atoms with E-state index in [2.05, 4.69) is 4.98 Å². The molecule has 2 rings (SSSR count). The summed E-state index contributed by atoms with van der Waals surface area (Å²) in [5.74, 6) is 0.712. The molecule has 0 aliphatic carbocycles. The summed E-state index contributed by atoms with van der Waals surface area (Å²) in [6.07, 6.45) is 6.96. The Hall–Kier alpha value is -1.29. The van der Waals surface area contributed by atoms with Gasteiger partial charge in [-0.25, -0.2) is 0 Å². The monoisotopic (exact) mass is 208 g/mol. The number of nitrogens with two attached hydrogens (primary N) is 1. The molecule has 0 spiro atoms. The lowest BCUT2D eigenvalue weighted by Gasteiger charge is -2.22. The Morgan fingerprint density at radius 2 is 2.40 bits per heavy atom. The molecule has 15 heavy (non-hydrogen) atoms. The minimum Gasteiger partial charge on any atom is -0.489 e.